The first-order valence-electron chi connectivity index (χ1n) is 8.57. The Labute approximate surface area is 144 Å². The van der Waals surface area contributed by atoms with E-state index in [-0.39, 0.29) is 0 Å². The zero-order valence-electron chi connectivity index (χ0n) is 14.1. The second-order valence-electron chi connectivity index (χ2n) is 6.86. The molecule has 3 heteroatoms. The van der Waals surface area contributed by atoms with Gasteiger partial charge in [0.1, 0.15) is 11.7 Å². The molecule has 6 rings (SSSR count). The van der Waals surface area contributed by atoms with Crippen molar-refractivity contribution in [2.45, 2.75) is 6.92 Å². The van der Waals surface area contributed by atoms with Crippen LogP contribution in [0.2, 0.25) is 0 Å². The molecule has 0 N–H and O–H groups in total. The Balaban J connectivity index is 2.18. The van der Waals surface area contributed by atoms with Crippen LogP contribution >= 0.6 is 0 Å². The van der Waals surface area contributed by atoms with Crippen molar-refractivity contribution in [1.82, 2.24) is 9.50 Å². The number of aromatic nitrogens is 3. The Morgan fingerprint density at radius 3 is 2.60 bits per heavy atom. The molecular weight excluding hydrogens is 306 g/mol. The van der Waals surface area contributed by atoms with E-state index in [4.69, 9.17) is 0 Å². The average molecular weight is 322 g/mol. The Morgan fingerprint density at radius 2 is 1.68 bits per heavy atom. The highest BCUT2D eigenvalue weighted by atomic mass is 15.2. The maximum atomic E-state index is 4.68. The fraction of sp³-hybridized carbons (Fsp3) is 0.0909. The van der Waals surface area contributed by atoms with Crippen LogP contribution < -0.4 is 4.68 Å². The van der Waals surface area contributed by atoms with Crippen LogP contribution in [0.4, 0.5) is 0 Å². The number of nitrogens with zero attached hydrogens (tertiary/aromatic N) is 3. The predicted octanol–water partition coefficient (Wildman–Crippen LogP) is 4.52. The zero-order valence-corrected chi connectivity index (χ0v) is 14.1. The van der Waals surface area contributed by atoms with E-state index in [0.717, 1.165) is 0 Å². The lowest BCUT2D eigenvalue weighted by atomic mass is 9.98. The van der Waals surface area contributed by atoms with Gasteiger partial charge in [0, 0.05) is 16.2 Å². The summed E-state index contributed by atoms with van der Waals surface area (Å²) in [6.45, 7) is 2.20. The third-order valence-electron chi connectivity index (χ3n) is 5.53. The van der Waals surface area contributed by atoms with E-state index >= 15 is 0 Å². The molecule has 0 saturated carbocycles. The number of pyridine rings is 1. The third-order valence-corrected chi connectivity index (χ3v) is 5.53. The predicted molar refractivity (Wildman–Crippen MR) is 102 cm³/mol. The second-order valence-corrected chi connectivity index (χ2v) is 6.86. The largest absolute Gasteiger partial charge is 0.303 e. The molecule has 3 nitrogen and oxygen atoms in total. The van der Waals surface area contributed by atoms with Crippen molar-refractivity contribution in [3.63, 3.8) is 0 Å². The second kappa shape index (κ2) is 4.25. The van der Waals surface area contributed by atoms with Gasteiger partial charge in [-0.2, -0.15) is 0 Å². The Morgan fingerprint density at radius 1 is 0.840 bits per heavy atom. The molecule has 0 radical (unpaired) electrons. The maximum Gasteiger partial charge on any atom is 0.264 e. The topological polar surface area (TPSA) is 21.2 Å². The quantitative estimate of drug-likeness (QED) is 0.229. The molecule has 0 amide bonds. The van der Waals surface area contributed by atoms with Crippen LogP contribution in [0.5, 0.6) is 0 Å². The van der Waals surface area contributed by atoms with E-state index in [1.807, 2.05) is 17.9 Å². The highest BCUT2D eigenvalue weighted by molar-refractivity contribution is 6.25. The number of hydrogen-bond donors (Lipinski definition) is 0. The molecule has 0 unspecified atom stereocenters. The van der Waals surface area contributed by atoms with E-state index in [1.165, 1.54) is 54.6 Å². The molecule has 3 heterocycles. The fourth-order valence-electron chi connectivity index (χ4n) is 4.47. The van der Waals surface area contributed by atoms with Crippen LogP contribution in [-0.4, -0.2) is 9.50 Å². The zero-order chi connectivity index (χ0) is 16.7. The van der Waals surface area contributed by atoms with Crippen LogP contribution in [0.25, 0.3) is 49.0 Å². The minimum absolute atomic E-state index is 1.20. The summed E-state index contributed by atoms with van der Waals surface area (Å²) in [5.41, 5.74) is 6.26. The summed E-state index contributed by atoms with van der Waals surface area (Å²) in [6, 6.07) is 19.7. The van der Waals surface area contributed by atoms with E-state index in [2.05, 4.69) is 71.0 Å². The monoisotopic (exact) mass is 322 g/mol. The number of aryl methyl sites for hydroxylation is 2. The molecule has 3 aromatic heterocycles. The molecule has 0 atom stereocenters. The van der Waals surface area contributed by atoms with E-state index in [9.17, 15) is 0 Å². The molecule has 0 aliphatic heterocycles. The lowest BCUT2D eigenvalue weighted by Crippen LogP contribution is -2.34. The maximum absolute atomic E-state index is 4.68. The van der Waals surface area contributed by atoms with Gasteiger partial charge in [0.2, 0.25) is 0 Å². The fourth-order valence-corrected chi connectivity index (χ4v) is 4.47. The van der Waals surface area contributed by atoms with Gasteiger partial charge in [-0.1, -0.05) is 47.1 Å². The molecule has 3 aromatic carbocycles. The molecule has 0 aliphatic rings. The minimum atomic E-state index is 1.20. The summed E-state index contributed by atoms with van der Waals surface area (Å²) in [7, 11) is 2.04. The van der Waals surface area contributed by atoms with Gasteiger partial charge in [-0.15, -0.1) is 0 Å². The first kappa shape index (κ1) is 13.1. The van der Waals surface area contributed by atoms with Crippen molar-refractivity contribution < 1.29 is 4.68 Å². The minimum Gasteiger partial charge on any atom is -0.303 e. The summed E-state index contributed by atoms with van der Waals surface area (Å²) < 4.78 is 4.44. The normalized spacial score (nSPS) is 12.4. The van der Waals surface area contributed by atoms with Crippen LogP contribution in [0, 0.1) is 6.92 Å². The first-order valence-corrected chi connectivity index (χ1v) is 8.57. The highest BCUT2D eigenvalue weighted by Gasteiger charge is 2.24. The molecule has 0 aliphatic carbocycles. The van der Waals surface area contributed by atoms with Crippen molar-refractivity contribution >= 4 is 49.0 Å². The molecule has 6 aromatic rings. The van der Waals surface area contributed by atoms with Crippen LogP contribution in [-0.2, 0) is 7.05 Å². The lowest BCUT2D eigenvalue weighted by molar-refractivity contribution is -0.704. The van der Waals surface area contributed by atoms with Gasteiger partial charge < -0.3 is 4.40 Å². The van der Waals surface area contributed by atoms with Crippen molar-refractivity contribution in [2.75, 3.05) is 0 Å². The number of benzene rings is 3. The van der Waals surface area contributed by atoms with Crippen molar-refractivity contribution in [1.29, 1.82) is 0 Å². The Bertz CT molecular complexity index is 1460. The summed E-state index contributed by atoms with van der Waals surface area (Å²) in [5.74, 6) is 0. The summed E-state index contributed by atoms with van der Waals surface area (Å²) >= 11 is 0. The van der Waals surface area contributed by atoms with E-state index < -0.39 is 0 Å². The number of hydrogen-bond acceptors (Lipinski definition) is 1. The molecular formula is C22H16N3+. The number of para-hydroxylation sites is 1. The van der Waals surface area contributed by atoms with E-state index in [1.54, 1.807) is 0 Å². The smallest absolute Gasteiger partial charge is 0.264 e. The number of rotatable bonds is 0. The SMILES string of the molecule is Cc1ccc2cccc3c2c1c1c2c(cn[n+]1C)c1ccccc1n32. The Hall–Kier alpha value is -3.20. The molecule has 25 heavy (non-hydrogen) atoms. The molecule has 118 valence electrons. The van der Waals surface area contributed by atoms with E-state index in [0.29, 0.717) is 0 Å². The van der Waals surface area contributed by atoms with Crippen molar-refractivity contribution in [2.24, 2.45) is 7.05 Å². The third kappa shape index (κ3) is 1.43. The van der Waals surface area contributed by atoms with Gasteiger partial charge in [0.25, 0.3) is 5.52 Å². The van der Waals surface area contributed by atoms with Crippen LogP contribution in [0.3, 0.4) is 0 Å². The van der Waals surface area contributed by atoms with Gasteiger partial charge in [0.15, 0.2) is 7.05 Å². The van der Waals surface area contributed by atoms with Gasteiger partial charge in [-0.25, -0.2) is 0 Å². The average Bonchev–Trinajstić information content (AvgIpc) is 2.97. The van der Waals surface area contributed by atoms with Gasteiger partial charge in [0.05, 0.1) is 16.4 Å². The summed E-state index contributed by atoms with van der Waals surface area (Å²) in [6.07, 6.45) is 2.00. The standard InChI is InChI=1S/C22H16N3/c1-13-10-11-14-6-5-9-18-20(14)19(13)22-21-16(12-23-24(22)2)15-7-3-4-8-17(15)25(18)21/h3-12H,1-2H3/q+1. The summed E-state index contributed by atoms with van der Waals surface area (Å²) in [4.78, 5) is 0. The van der Waals surface area contributed by atoms with Gasteiger partial charge in [-0.3, -0.25) is 0 Å². The number of fused-ring (bicyclic) bond motifs is 5. The highest BCUT2D eigenvalue weighted by Crippen LogP contribution is 2.39. The van der Waals surface area contributed by atoms with Gasteiger partial charge >= 0.3 is 0 Å². The summed E-state index contributed by atoms with van der Waals surface area (Å²) in [5, 5.41) is 11.1. The van der Waals surface area contributed by atoms with Crippen molar-refractivity contribution in [3.05, 3.63) is 66.4 Å². The lowest BCUT2D eigenvalue weighted by Gasteiger charge is -2.12. The molecule has 0 fully saturated rings. The molecule has 0 saturated heterocycles. The van der Waals surface area contributed by atoms with Gasteiger partial charge in [-0.05, 0) is 35.1 Å². The first-order chi connectivity index (χ1) is 12.3. The van der Waals surface area contributed by atoms with Crippen LogP contribution in [0.1, 0.15) is 5.56 Å². The van der Waals surface area contributed by atoms with Crippen molar-refractivity contribution in [3.8, 4) is 0 Å². The molecule has 0 bridgehead atoms. The van der Waals surface area contributed by atoms with Crippen LogP contribution in [0.15, 0.2) is 60.8 Å². The molecule has 0 spiro atoms. The Kier molecular flexibility index (Phi) is 2.23.